The SMILES string of the molecule is CCC1CC=C(C)C(O)C1(C)C. The van der Waals surface area contributed by atoms with E-state index in [2.05, 4.69) is 26.8 Å². The quantitative estimate of drug-likeness (QED) is 0.597. The van der Waals surface area contributed by atoms with Crippen LogP contribution in [-0.2, 0) is 0 Å². The molecule has 0 aromatic carbocycles. The van der Waals surface area contributed by atoms with Gasteiger partial charge in [-0.25, -0.2) is 0 Å². The van der Waals surface area contributed by atoms with Gasteiger partial charge in [0.2, 0.25) is 0 Å². The molecule has 0 spiro atoms. The first-order valence-corrected chi connectivity index (χ1v) is 4.84. The molecule has 2 atom stereocenters. The summed E-state index contributed by atoms with van der Waals surface area (Å²) in [4.78, 5) is 0. The molecular weight excluding hydrogens is 148 g/mol. The highest BCUT2D eigenvalue weighted by atomic mass is 16.3. The molecule has 0 saturated carbocycles. The standard InChI is InChI=1S/C11H20O/c1-5-9-7-6-8(2)10(12)11(9,3)4/h6,9-10,12H,5,7H2,1-4H3. The van der Waals surface area contributed by atoms with Crippen LogP contribution in [0.15, 0.2) is 11.6 Å². The maximum absolute atomic E-state index is 9.94. The number of aliphatic hydroxyl groups excluding tert-OH is 1. The van der Waals surface area contributed by atoms with E-state index in [1.807, 2.05) is 6.92 Å². The van der Waals surface area contributed by atoms with Crippen molar-refractivity contribution in [2.75, 3.05) is 0 Å². The molecule has 0 fully saturated rings. The molecule has 2 unspecified atom stereocenters. The Kier molecular flexibility index (Phi) is 2.62. The van der Waals surface area contributed by atoms with Gasteiger partial charge in [0.1, 0.15) is 0 Å². The highest BCUT2D eigenvalue weighted by Gasteiger charge is 2.38. The fraction of sp³-hybridized carbons (Fsp3) is 0.818. The Balaban J connectivity index is 2.88. The highest BCUT2D eigenvalue weighted by molar-refractivity contribution is 5.15. The minimum absolute atomic E-state index is 0.0631. The smallest absolute Gasteiger partial charge is 0.0801 e. The molecule has 0 radical (unpaired) electrons. The van der Waals surface area contributed by atoms with E-state index in [0.29, 0.717) is 5.92 Å². The van der Waals surface area contributed by atoms with Crippen LogP contribution in [-0.4, -0.2) is 11.2 Å². The first kappa shape index (κ1) is 9.79. The van der Waals surface area contributed by atoms with Gasteiger partial charge in [-0.3, -0.25) is 0 Å². The van der Waals surface area contributed by atoms with Crippen molar-refractivity contribution in [3.05, 3.63) is 11.6 Å². The van der Waals surface area contributed by atoms with Crippen molar-refractivity contribution >= 4 is 0 Å². The number of allylic oxidation sites excluding steroid dienone is 1. The summed E-state index contributed by atoms with van der Waals surface area (Å²) >= 11 is 0. The molecule has 0 aromatic heterocycles. The Bertz CT molecular complexity index is 191. The average molecular weight is 168 g/mol. The Morgan fingerprint density at radius 2 is 2.17 bits per heavy atom. The predicted molar refractivity (Wildman–Crippen MR) is 51.9 cm³/mol. The van der Waals surface area contributed by atoms with Crippen molar-refractivity contribution in [2.45, 2.75) is 46.6 Å². The van der Waals surface area contributed by atoms with Crippen LogP contribution in [0.4, 0.5) is 0 Å². The average Bonchev–Trinajstić information content (AvgIpc) is 2.01. The second-order valence-corrected chi connectivity index (χ2v) is 4.51. The molecule has 1 rings (SSSR count). The molecule has 1 nitrogen and oxygen atoms in total. The van der Waals surface area contributed by atoms with Gasteiger partial charge in [-0.1, -0.05) is 33.3 Å². The summed E-state index contributed by atoms with van der Waals surface area (Å²) in [6.45, 7) is 8.57. The first-order valence-electron chi connectivity index (χ1n) is 4.84. The summed E-state index contributed by atoms with van der Waals surface area (Å²) in [5.74, 6) is 0.635. The van der Waals surface area contributed by atoms with Crippen LogP contribution < -0.4 is 0 Å². The van der Waals surface area contributed by atoms with Gasteiger partial charge in [-0.05, 0) is 30.3 Å². The molecular formula is C11H20O. The minimum atomic E-state index is -0.240. The molecule has 0 aliphatic heterocycles. The zero-order chi connectivity index (χ0) is 9.35. The maximum atomic E-state index is 9.94. The van der Waals surface area contributed by atoms with Crippen LogP contribution in [0.1, 0.15) is 40.5 Å². The summed E-state index contributed by atoms with van der Waals surface area (Å²) in [5.41, 5.74) is 1.21. The Hall–Kier alpha value is -0.300. The third kappa shape index (κ3) is 1.42. The predicted octanol–water partition coefficient (Wildman–Crippen LogP) is 2.75. The van der Waals surface area contributed by atoms with Gasteiger partial charge >= 0.3 is 0 Å². The van der Waals surface area contributed by atoms with Gasteiger partial charge in [0.15, 0.2) is 0 Å². The number of hydrogen-bond donors (Lipinski definition) is 1. The number of aliphatic hydroxyl groups is 1. The third-order valence-electron chi connectivity index (χ3n) is 3.41. The van der Waals surface area contributed by atoms with Crippen molar-refractivity contribution in [3.8, 4) is 0 Å². The second-order valence-electron chi connectivity index (χ2n) is 4.51. The second kappa shape index (κ2) is 3.21. The van der Waals surface area contributed by atoms with E-state index in [9.17, 15) is 5.11 Å². The summed E-state index contributed by atoms with van der Waals surface area (Å²) in [6.07, 6.45) is 4.24. The monoisotopic (exact) mass is 168 g/mol. The Morgan fingerprint density at radius 1 is 1.58 bits per heavy atom. The van der Waals surface area contributed by atoms with Crippen molar-refractivity contribution < 1.29 is 5.11 Å². The van der Waals surface area contributed by atoms with E-state index in [4.69, 9.17) is 0 Å². The van der Waals surface area contributed by atoms with Crippen LogP contribution in [0.3, 0.4) is 0 Å². The van der Waals surface area contributed by atoms with E-state index in [0.717, 1.165) is 18.4 Å². The lowest BCUT2D eigenvalue weighted by Crippen LogP contribution is -2.39. The molecule has 0 saturated heterocycles. The van der Waals surface area contributed by atoms with Gasteiger partial charge in [-0.2, -0.15) is 0 Å². The van der Waals surface area contributed by atoms with E-state index in [1.165, 1.54) is 0 Å². The molecule has 1 heteroatoms. The minimum Gasteiger partial charge on any atom is -0.388 e. The number of rotatable bonds is 1. The van der Waals surface area contributed by atoms with Crippen molar-refractivity contribution in [1.29, 1.82) is 0 Å². The summed E-state index contributed by atoms with van der Waals surface area (Å²) < 4.78 is 0. The van der Waals surface area contributed by atoms with Crippen LogP contribution in [0, 0.1) is 11.3 Å². The van der Waals surface area contributed by atoms with Gasteiger partial charge in [0.05, 0.1) is 6.10 Å². The van der Waals surface area contributed by atoms with E-state index < -0.39 is 0 Å². The molecule has 0 heterocycles. The van der Waals surface area contributed by atoms with Crippen molar-refractivity contribution in [1.82, 2.24) is 0 Å². The molecule has 0 bridgehead atoms. The third-order valence-corrected chi connectivity index (χ3v) is 3.41. The zero-order valence-corrected chi connectivity index (χ0v) is 8.59. The van der Waals surface area contributed by atoms with E-state index >= 15 is 0 Å². The fourth-order valence-electron chi connectivity index (χ4n) is 2.25. The summed E-state index contributed by atoms with van der Waals surface area (Å²) in [5, 5.41) is 9.94. The fourth-order valence-corrected chi connectivity index (χ4v) is 2.25. The van der Waals surface area contributed by atoms with Gasteiger partial charge in [-0.15, -0.1) is 0 Å². The van der Waals surface area contributed by atoms with E-state index in [-0.39, 0.29) is 11.5 Å². The van der Waals surface area contributed by atoms with Crippen LogP contribution >= 0.6 is 0 Å². The lowest BCUT2D eigenvalue weighted by molar-refractivity contribution is 0.0215. The molecule has 1 aliphatic carbocycles. The molecule has 0 aromatic rings. The van der Waals surface area contributed by atoms with Crippen LogP contribution in [0.25, 0.3) is 0 Å². The van der Waals surface area contributed by atoms with Crippen molar-refractivity contribution in [3.63, 3.8) is 0 Å². The normalized spacial score (nSPS) is 34.6. The summed E-state index contributed by atoms with van der Waals surface area (Å²) in [6, 6.07) is 0. The van der Waals surface area contributed by atoms with Gasteiger partial charge in [0.25, 0.3) is 0 Å². The highest BCUT2D eigenvalue weighted by Crippen LogP contribution is 2.41. The Morgan fingerprint density at radius 3 is 2.67 bits per heavy atom. The maximum Gasteiger partial charge on any atom is 0.0801 e. The van der Waals surface area contributed by atoms with Crippen molar-refractivity contribution in [2.24, 2.45) is 11.3 Å². The topological polar surface area (TPSA) is 20.2 Å². The Labute approximate surface area is 75.5 Å². The van der Waals surface area contributed by atoms with Crippen LogP contribution in [0.2, 0.25) is 0 Å². The molecule has 12 heavy (non-hydrogen) atoms. The zero-order valence-electron chi connectivity index (χ0n) is 8.59. The largest absolute Gasteiger partial charge is 0.388 e. The molecule has 0 amide bonds. The summed E-state index contributed by atoms with van der Waals surface area (Å²) in [7, 11) is 0. The van der Waals surface area contributed by atoms with Gasteiger partial charge in [0, 0.05) is 0 Å². The lowest BCUT2D eigenvalue weighted by Gasteiger charge is -2.41. The lowest BCUT2D eigenvalue weighted by atomic mass is 9.66. The van der Waals surface area contributed by atoms with Gasteiger partial charge < -0.3 is 5.11 Å². The first-order chi connectivity index (χ1) is 5.50. The molecule has 1 N–H and O–H groups in total. The van der Waals surface area contributed by atoms with Crippen LogP contribution in [0.5, 0.6) is 0 Å². The number of hydrogen-bond acceptors (Lipinski definition) is 1. The molecule has 1 aliphatic rings. The molecule has 70 valence electrons. The van der Waals surface area contributed by atoms with E-state index in [1.54, 1.807) is 0 Å².